The molecule has 1 aromatic carbocycles. The maximum absolute atomic E-state index is 3.61. The molecule has 1 heteroatoms. The van der Waals surface area contributed by atoms with Crippen LogP contribution in [0.4, 0.5) is 0 Å². The fourth-order valence-electron chi connectivity index (χ4n) is 4.10. The molecule has 0 aromatic heterocycles. The first kappa shape index (κ1) is 12.2. The molecule has 0 radical (unpaired) electrons. The molecule has 2 atom stereocenters. The predicted molar refractivity (Wildman–Crippen MR) is 76.9 cm³/mol. The van der Waals surface area contributed by atoms with Gasteiger partial charge in [-0.1, -0.05) is 49.9 Å². The molecule has 1 aromatic rings. The van der Waals surface area contributed by atoms with Crippen LogP contribution in [0, 0.1) is 5.92 Å². The number of aryl methyl sites for hydroxylation is 1. The van der Waals surface area contributed by atoms with E-state index >= 15 is 0 Å². The largest absolute Gasteiger partial charge is 0.316 e. The maximum Gasteiger partial charge on any atom is 0.0136 e. The summed E-state index contributed by atoms with van der Waals surface area (Å²) in [5, 5.41) is 3.61. The lowest BCUT2D eigenvalue weighted by molar-refractivity contribution is 0.357. The molecule has 1 N–H and O–H groups in total. The highest BCUT2D eigenvalue weighted by Crippen LogP contribution is 2.39. The molecule has 0 saturated heterocycles. The summed E-state index contributed by atoms with van der Waals surface area (Å²) in [4.78, 5) is 0. The van der Waals surface area contributed by atoms with Crippen LogP contribution in [-0.2, 0) is 6.42 Å². The number of rotatable bonds is 4. The van der Waals surface area contributed by atoms with Gasteiger partial charge in [-0.3, -0.25) is 0 Å². The summed E-state index contributed by atoms with van der Waals surface area (Å²) in [6.45, 7) is 0. The molecular formula is C17H25N. The Balaban J connectivity index is 1.72. The zero-order valence-corrected chi connectivity index (χ0v) is 11.5. The number of nitrogens with one attached hydrogen (secondary N) is 1. The van der Waals surface area contributed by atoms with E-state index in [1.165, 1.54) is 44.9 Å². The molecule has 1 fully saturated rings. The Morgan fingerprint density at radius 1 is 1.17 bits per heavy atom. The van der Waals surface area contributed by atoms with Crippen molar-refractivity contribution >= 4 is 0 Å². The minimum Gasteiger partial charge on any atom is -0.316 e. The number of benzene rings is 1. The average Bonchev–Trinajstić information content (AvgIpc) is 3.05. The summed E-state index contributed by atoms with van der Waals surface area (Å²) in [6.07, 6.45) is 9.86. The lowest BCUT2D eigenvalue weighted by Crippen LogP contribution is -2.33. The summed E-state index contributed by atoms with van der Waals surface area (Å²) >= 11 is 0. The minimum atomic E-state index is 0.691. The van der Waals surface area contributed by atoms with Crippen molar-refractivity contribution in [2.24, 2.45) is 5.92 Å². The van der Waals surface area contributed by atoms with E-state index in [1.807, 2.05) is 0 Å². The monoisotopic (exact) mass is 243 g/mol. The molecule has 0 heterocycles. The van der Waals surface area contributed by atoms with Crippen molar-refractivity contribution in [3.63, 3.8) is 0 Å². The van der Waals surface area contributed by atoms with E-state index in [0.29, 0.717) is 6.04 Å². The number of hydrogen-bond acceptors (Lipinski definition) is 1. The van der Waals surface area contributed by atoms with Crippen LogP contribution in [0.3, 0.4) is 0 Å². The highest BCUT2D eigenvalue weighted by atomic mass is 14.9. The van der Waals surface area contributed by atoms with E-state index < -0.39 is 0 Å². The Labute approximate surface area is 111 Å². The van der Waals surface area contributed by atoms with Crippen molar-refractivity contribution in [3.8, 4) is 0 Å². The van der Waals surface area contributed by atoms with E-state index in [-0.39, 0.29) is 0 Å². The lowest BCUT2D eigenvalue weighted by Gasteiger charge is -2.26. The van der Waals surface area contributed by atoms with Gasteiger partial charge in [-0.15, -0.1) is 0 Å². The van der Waals surface area contributed by atoms with Crippen molar-refractivity contribution < 1.29 is 0 Å². The van der Waals surface area contributed by atoms with E-state index in [4.69, 9.17) is 0 Å². The van der Waals surface area contributed by atoms with Gasteiger partial charge in [-0.25, -0.2) is 0 Å². The van der Waals surface area contributed by atoms with Crippen LogP contribution in [-0.4, -0.2) is 13.1 Å². The van der Waals surface area contributed by atoms with E-state index in [0.717, 1.165) is 11.8 Å². The van der Waals surface area contributed by atoms with Gasteiger partial charge in [0.1, 0.15) is 0 Å². The van der Waals surface area contributed by atoms with Gasteiger partial charge in [0, 0.05) is 6.04 Å². The summed E-state index contributed by atoms with van der Waals surface area (Å²) in [6, 6.07) is 9.76. The Morgan fingerprint density at radius 3 is 2.72 bits per heavy atom. The zero-order valence-electron chi connectivity index (χ0n) is 11.5. The second kappa shape index (κ2) is 5.44. The maximum atomic E-state index is 3.61. The van der Waals surface area contributed by atoms with Crippen LogP contribution in [0.15, 0.2) is 24.3 Å². The fourth-order valence-corrected chi connectivity index (χ4v) is 4.10. The molecule has 2 aliphatic carbocycles. The highest BCUT2D eigenvalue weighted by molar-refractivity contribution is 5.36. The quantitative estimate of drug-likeness (QED) is 0.846. The first-order valence-electron chi connectivity index (χ1n) is 7.63. The number of likely N-dealkylation sites (N-methyl/N-ethyl adjacent to an activating group) is 1. The van der Waals surface area contributed by atoms with Crippen molar-refractivity contribution in [1.82, 2.24) is 5.32 Å². The third-order valence-corrected chi connectivity index (χ3v) is 5.10. The fraction of sp³-hybridized carbons (Fsp3) is 0.647. The van der Waals surface area contributed by atoms with Crippen LogP contribution in [0.5, 0.6) is 0 Å². The highest BCUT2D eigenvalue weighted by Gasteiger charge is 2.30. The Kier molecular flexibility index (Phi) is 3.69. The summed E-state index contributed by atoms with van der Waals surface area (Å²) in [7, 11) is 2.15. The minimum absolute atomic E-state index is 0.691. The second-order valence-corrected chi connectivity index (χ2v) is 6.13. The molecule has 2 unspecified atom stereocenters. The molecular weight excluding hydrogens is 218 g/mol. The summed E-state index contributed by atoms with van der Waals surface area (Å²) < 4.78 is 0. The van der Waals surface area contributed by atoms with Crippen molar-refractivity contribution in [2.75, 3.05) is 7.05 Å². The lowest BCUT2D eigenvalue weighted by atomic mass is 9.86. The third-order valence-electron chi connectivity index (χ3n) is 5.10. The van der Waals surface area contributed by atoms with Crippen molar-refractivity contribution in [1.29, 1.82) is 0 Å². The van der Waals surface area contributed by atoms with Crippen molar-refractivity contribution in [3.05, 3.63) is 35.4 Å². The Hall–Kier alpha value is -0.820. The molecule has 0 bridgehead atoms. The van der Waals surface area contributed by atoms with Crippen LogP contribution >= 0.6 is 0 Å². The zero-order chi connectivity index (χ0) is 12.4. The molecule has 0 spiro atoms. The standard InChI is InChI=1S/C17H25N/c1-18-17(12-13-6-2-3-7-13)16-11-10-14-8-4-5-9-15(14)16/h4-5,8-9,13,16-18H,2-3,6-7,10-12H2,1H3. The number of fused-ring (bicyclic) bond motifs is 1. The van der Waals surface area contributed by atoms with E-state index in [1.54, 1.807) is 11.1 Å². The molecule has 3 rings (SSSR count). The molecule has 1 saturated carbocycles. The normalized spacial score (nSPS) is 25.3. The van der Waals surface area contributed by atoms with Gasteiger partial charge in [0.05, 0.1) is 0 Å². The van der Waals surface area contributed by atoms with Crippen LogP contribution < -0.4 is 5.32 Å². The molecule has 0 amide bonds. The molecule has 0 aliphatic heterocycles. The van der Waals surface area contributed by atoms with Crippen LogP contribution in [0.1, 0.15) is 55.6 Å². The van der Waals surface area contributed by atoms with Gasteiger partial charge in [-0.2, -0.15) is 0 Å². The van der Waals surface area contributed by atoms with Gasteiger partial charge in [0.25, 0.3) is 0 Å². The van der Waals surface area contributed by atoms with Gasteiger partial charge in [0.2, 0.25) is 0 Å². The Bertz CT molecular complexity index is 392. The Morgan fingerprint density at radius 2 is 1.94 bits per heavy atom. The topological polar surface area (TPSA) is 12.0 Å². The van der Waals surface area contributed by atoms with Crippen LogP contribution in [0.25, 0.3) is 0 Å². The third kappa shape index (κ3) is 2.33. The smallest absolute Gasteiger partial charge is 0.0136 e. The second-order valence-electron chi connectivity index (χ2n) is 6.13. The first-order chi connectivity index (χ1) is 8.88. The van der Waals surface area contributed by atoms with Gasteiger partial charge >= 0.3 is 0 Å². The van der Waals surface area contributed by atoms with Crippen LogP contribution in [0.2, 0.25) is 0 Å². The van der Waals surface area contributed by atoms with Gasteiger partial charge in [0.15, 0.2) is 0 Å². The van der Waals surface area contributed by atoms with Crippen molar-refractivity contribution in [2.45, 2.75) is 56.9 Å². The molecule has 1 nitrogen and oxygen atoms in total. The van der Waals surface area contributed by atoms with E-state index in [2.05, 4.69) is 36.6 Å². The molecule has 18 heavy (non-hydrogen) atoms. The van der Waals surface area contributed by atoms with Gasteiger partial charge in [-0.05, 0) is 49.3 Å². The number of hydrogen-bond donors (Lipinski definition) is 1. The first-order valence-corrected chi connectivity index (χ1v) is 7.63. The predicted octanol–water partition coefficient (Wildman–Crippen LogP) is 3.88. The summed E-state index contributed by atoms with van der Waals surface area (Å²) in [5.41, 5.74) is 3.21. The summed E-state index contributed by atoms with van der Waals surface area (Å²) in [5.74, 6) is 1.74. The SMILES string of the molecule is CNC(CC1CCCC1)C1CCc2ccccc21. The molecule has 98 valence electrons. The molecule has 2 aliphatic rings. The van der Waals surface area contributed by atoms with Gasteiger partial charge < -0.3 is 5.32 Å². The average molecular weight is 243 g/mol. The van der Waals surface area contributed by atoms with E-state index in [9.17, 15) is 0 Å².